The molecule has 0 radical (unpaired) electrons. The lowest BCUT2D eigenvalue weighted by Crippen LogP contribution is -2.49. The maximum Gasteiger partial charge on any atom is 0.242 e. The predicted molar refractivity (Wildman–Crippen MR) is 111 cm³/mol. The predicted octanol–water partition coefficient (Wildman–Crippen LogP) is 3.49. The van der Waals surface area contributed by atoms with Crippen LogP contribution in [0.1, 0.15) is 37.5 Å². The first kappa shape index (κ1) is 21.5. The molecule has 2 rings (SSSR count). The zero-order valence-electron chi connectivity index (χ0n) is 17.4. The third-order valence-corrected chi connectivity index (χ3v) is 4.52. The van der Waals surface area contributed by atoms with Crippen LogP contribution in [0.25, 0.3) is 0 Å². The van der Waals surface area contributed by atoms with Gasteiger partial charge in [-0.3, -0.25) is 9.59 Å². The van der Waals surface area contributed by atoms with Gasteiger partial charge in [-0.1, -0.05) is 42.0 Å². The molecule has 0 aromatic heterocycles. The standard InChI is InChI=1S/C23H30N2O3/c1-16(2)24-23(27)18(4)25(15-20-10-7-11-21(13-20)28-5)22(26)14-19-9-6-8-17(3)12-19/h6-13,16,18H,14-15H2,1-5H3,(H,24,27)/t18-/m0/s1. The van der Waals surface area contributed by atoms with E-state index in [4.69, 9.17) is 4.74 Å². The summed E-state index contributed by atoms with van der Waals surface area (Å²) in [6.07, 6.45) is 0.255. The van der Waals surface area contributed by atoms with E-state index in [0.717, 1.165) is 22.4 Å². The van der Waals surface area contributed by atoms with Crippen LogP contribution in [0.15, 0.2) is 48.5 Å². The quantitative estimate of drug-likeness (QED) is 0.760. The van der Waals surface area contributed by atoms with Crippen molar-refractivity contribution in [3.05, 3.63) is 65.2 Å². The summed E-state index contributed by atoms with van der Waals surface area (Å²) < 4.78 is 5.28. The number of hydrogen-bond donors (Lipinski definition) is 1. The van der Waals surface area contributed by atoms with Crippen molar-refractivity contribution in [1.29, 1.82) is 0 Å². The van der Waals surface area contributed by atoms with Crippen molar-refractivity contribution in [2.45, 2.75) is 52.7 Å². The van der Waals surface area contributed by atoms with Crippen molar-refractivity contribution in [2.24, 2.45) is 0 Å². The smallest absolute Gasteiger partial charge is 0.242 e. The number of methoxy groups -OCH3 is 1. The maximum atomic E-state index is 13.1. The number of ether oxygens (including phenoxy) is 1. The van der Waals surface area contributed by atoms with E-state index in [-0.39, 0.29) is 24.3 Å². The number of amides is 2. The Labute approximate surface area is 167 Å². The number of benzene rings is 2. The topological polar surface area (TPSA) is 58.6 Å². The van der Waals surface area contributed by atoms with Gasteiger partial charge in [0.2, 0.25) is 11.8 Å². The lowest BCUT2D eigenvalue weighted by atomic mass is 10.1. The Morgan fingerprint density at radius 3 is 2.36 bits per heavy atom. The first-order chi connectivity index (χ1) is 13.3. The molecule has 0 aliphatic rings. The SMILES string of the molecule is COc1cccc(CN(C(=O)Cc2cccc(C)c2)[C@@H](C)C(=O)NC(C)C)c1. The van der Waals surface area contributed by atoms with E-state index in [0.29, 0.717) is 6.54 Å². The van der Waals surface area contributed by atoms with Crippen LogP contribution in [0.4, 0.5) is 0 Å². The average Bonchev–Trinajstić information content (AvgIpc) is 2.65. The Morgan fingerprint density at radius 1 is 1.04 bits per heavy atom. The van der Waals surface area contributed by atoms with Crippen LogP contribution >= 0.6 is 0 Å². The number of nitrogens with one attached hydrogen (secondary N) is 1. The zero-order valence-corrected chi connectivity index (χ0v) is 17.4. The fraction of sp³-hybridized carbons (Fsp3) is 0.391. The molecule has 0 heterocycles. The third kappa shape index (κ3) is 6.12. The van der Waals surface area contributed by atoms with E-state index in [1.807, 2.05) is 69.3 Å². The first-order valence-electron chi connectivity index (χ1n) is 9.58. The molecule has 0 bridgehead atoms. The van der Waals surface area contributed by atoms with Gasteiger partial charge < -0.3 is 15.0 Å². The summed E-state index contributed by atoms with van der Waals surface area (Å²) in [5.74, 6) is 0.484. The lowest BCUT2D eigenvalue weighted by Gasteiger charge is -2.29. The summed E-state index contributed by atoms with van der Waals surface area (Å²) in [6.45, 7) is 7.93. The van der Waals surface area contributed by atoms with E-state index in [2.05, 4.69) is 5.32 Å². The van der Waals surface area contributed by atoms with E-state index >= 15 is 0 Å². The highest BCUT2D eigenvalue weighted by molar-refractivity contribution is 5.88. The van der Waals surface area contributed by atoms with Crippen molar-refractivity contribution < 1.29 is 14.3 Å². The highest BCUT2D eigenvalue weighted by Gasteiger charge is 2.26. The number of aryl methyl sites for hydroxylation is 1. The molecule has 1 N–H and O–H groups in total. The second-order valence-corrected chi connectivity index (χ2v) is 7.38. The molecule has 2 aromatic rings. The summed E-state index contributed by atoms with van der Waals surface area (Å²) >= 11 is 0. The van der Waals surface area contributed by atoms with Gasteiger partial charge in [0.05, 0.1) is 13.5 Å². The minimum absolute atomic E-state index is 0.0143. The normalized spacial score (nSPS) is 11.8. The van der Waals surface area contributed by atoms with E-state index in [9.17, 15) is 9.59 Å². The molecule has 0 aliphatic heterocycles. The Balaban J connectivity index is 2.25. The minimum Gasteiger partial charge on any atom is -0.497 e. The van der Waals surface area contributed by atoms with Crippen LogP contribution in [0.3, 0.4) is 0 Å². The van der Waals surface area contributed by atoms with E-state index in [1.54, 1.807) is 18.9 Å². The maximum absolute atomic E-state index is 13.1. The third-order valence-electron chi connectivity index (χ3n) is 4.52. The number of rotatable bonds is 8. The molecule has 0 unspecified atom stereocenters. The van der Waals surface area contributed by atoms with Gasteiger partial charge in [0.15, 0.2) is 0 Å². The number of carbonyl (C=O) groups excluding carboxylic acids is 2. The fourth-order valence-electron chi connectivity index (χ4n) is 3.05. The van der Waals surface area contributed by atoms with Gasteiger partial charge >= 0.3 is 0 Å². The molecule has 1 atom stereocenters. The second kappa shape index (κ2) is 9.93. The van der Waals surface area contributed by atoms with Crippen LogP contribution in [-0.4, -0.2) is 35.9 Å². The summed E-state index contributed by atoms with van der Waals surface area (Å²) in [6, 6.07) is 14.9. The highest BCUT2D eigenvalue weighted by Crippen LogP contribution is 2.17. The first-order valence-corrected chi connectivity index (χ1v) is 9.58. The van der Waals surface area contributed by atoms with E-state index < -0.39 is 6.04 Å². The van der Waals surface area contributed by atoms with Crippen molar-refractivity contribution >= 4 is 11.8 Å². The summed E-state index contributed by atoms with van der Waals surface area (Å²) in [5.41, 5.74) is 2.97. The van der Waals surface area contributed by atoms with Gasteiger partial charge in [-0.25, -0.2) is 0 Å². The van der Waals surface area contributed by atoms with Crippen molar-refractivity contribution in [3.63, 3.8) is 0 Å². The Hall–Kier alpha value is -2.82. The summed E-state index contributed by atoms with van der Waals surface area (Å²) in [7, 11) is 1.61. The van der Waals surface area contributed by atoms with Crippen LogP contribution < -0.4 is 10.1 Å². The lowest BCUT2D eigenvalue weighted by molar-refractivity contribution is -0.140. The van der Waals surface area contributed by atoms with E-state index in [1.165, 1.54) is 0 Å². The molecule has 0 saturated heterocycles. The summed E-state index contributed by atoms with van der Waals surface area (Å²) in [4.78, 5) is 27.4. The highest BCUT2D eigenvalue weighted by atomic mass is 16.5. The summed E-state index contributed by atoms with van der Waals surface area (Å²) in [5, 5.41) is 2.90. The van der Waals surface area contributed by atoms with Crippen LogP contribution in [-0.2, 0) is 22.6 Å². The van der Waals surface area contributed by atoms with Crippen LogP contribution in [0, 0.1) is 6.92 Å². The van der Waals surface area contributed by atoms with Gasteiger partial charge in [-0.15, -0.1) is 0 Å². The molecule has 150 valence electrons. The molecule has 0 saturated carbocycles. The number of carbonyl (C=O) groups is 2. The molecule has 28 heavy (non-hydrogen) atoms. The number of nitrogens with zero attached hydrogens (tertiary/aromatic N) is 1. The second-order valence-electron chi connectivity index (χ2n) is 7.38. The Bertz CT molecular complexity index is 817. The van der Waals surface area contributed by atoms with Crippen LogP contribution in [0.5, 0.6) is 5.75 Å². The van der Waals surface area contributed by atoms with Crippen molar-refractivity contribution in [1.82, 2.24) is 10.2 Å². The Kier molecular flexibility index (Phi) is 7.61. The molecule has 2 amide bonds. The molecule has 5 nitrogen and oxygen atoms in total. The number of hydrogen-bond acceptors (Lipinski definition) is 3. The Morgan fingerprint density at radius 2 is 1.71 bits per heavy atom. The van der Waals surface area contributed by atoms with Gasteiger partial charge in [0, 0.05) is 12.6 Å². The molecule has 0 fully saturated rings. The molecule has 2 aromatic carbocycles. The molecule has 0 spiro atoms. The van der Waals surface area contributed by atoms with Gasteiger partial charge in [-0.05, 0) is 51.0 Å². The van der Waals surface area contributed by atoms with Crippen molar-refractivity contribution in [3.8, 4) is 5.75 Å². The fourth-order valence-corrected chi connectivity index (χ4v) is 3.05. The average molecular weight is 383 g/mol. The molecule has 5 heteroatoms. The van der Waals surface area contributed by atoms with Gasteiger partial charge in [-0.2, -0.15) is 0 Å². The minimum atomic E-state index is -0.578. The largest absolute Gasteiger partial charge is 0.497 e. The zero-order chi connectivity index (χ0) is 20.7. The molecule has 0 aliphatic carbocycles. The van der Waals surface area contributed by atoms with Crippen molar-refractivity contribution in [2.75, 3.05) is 7.11 Å². The monoisotopic (exact) mass is 382 g/mol. The van der Waals surface area contributed by atoms with Crippen LogP contribution in [0.2, 0.25) is 0 Å². The van der Waals surface area contributed by atoms with Gasteiger partial charge in [0.1, 0.15) is 11.8 Å². The molecular formula is C23H30N2O3. The molecular weight excluding hydrogens is 352 g/mol. The van der Waals surface area contributed by atoms with Gasteiger partial charge in [0.25, 0.3) is 0 Å².